The molecule has 0 radical (unpaired) electrons. The number of hydrogen-bond donors (Lipinski definition) is 2. The van der Waals surface area contributed by atoms with Crippen LogP contribution in [0.1, 0.15) is 61.3 Å². The first-order chi connectivity index (χ1) is 44.6. The Morgan fingerprint density at radius 3 is 1.02 bits per heavy atom. The first-order valence-electron chi connectivity index (χ1n) is 30.8. The molecule has 12 nitrogen and oxygen atoms in total. The predicted molar refractivity (Wildman–Crippen MR) is 374 cm³/mol. The summed E-state index contributed by atoms with van der Waals surface area (Å²) in [7, 11) is 4.13. The number of aromatic hydroxyl groups is 2. The number of fused-ring (bicyclic) bond motifs is 6. The summed E-state index contributed by atoms with van der Waals surface area (Å²) in [4.78, 5) is 30.9. The van der Waals surface area contributed by atoms with Gasteiger partial charge in [-0.05, 0) is 122 Å². The van der Waals surface area contributed by atoms with Crippen LogP contribution in [-0.4, -0.2) is 44.2 Å². The number of hydrogen-bond acceptors (Lipinski definition) is 12. The zero-order valence-electron chi connectivity index (χ0n) is 53.4. The van der Waals surface area contributed by atoms with Crippen molar-refractivity contribution in [3.05, 3.63) is 314 Å². The summed E-state index contributed by atoms with van der Waals surface area (Å²) < 4.78 is 0. The Kier molecular flexibility index (Phi) is 19.4. The van der Waals surface area contributed by atoms with E-state index in [9.17, 15) is 10.2 Å². The minimum Gasteiger partial charge on any atom is -0.502 e. The molecule has 0 bridgehead atoms. The van der Waals surface area contributed by atoms with Crippen molar-refractivity contribution in [1.82, 2.24) is 19.9 Å². The molecule has 0 spiro atoms. The molecule has 2 N–H and O–H groups in total. The van der Waals surface area contributed by atoms with Crippen LogP contribution in [0.2, 0.25) is 0 Å². The van der Waals surface area contributed by atoms with E-state index in [1.807, 2.05) is 160 Å². The van der Waals surface area contributed by atoms with Gasteiger partial charge in [-0.1, -0.05) is 161 Å². The van der Waals surface area contributed by atoms with Gasteiger partial charge in [0.15, 0.2) is 0 Å². The van der Waals surface area contributed by atoms with E-state index in [-0.39, 0.29) is 64.7 Å². The normalized spacial score (nSPS) is 13.8. The van der Waals surface area contributed by atoms with E-state index >= 15 is 0 Å². The van der Waals surface area contributed by atoms with Gasteiger partial charge in [0.2, 0.25) is 11.8 Å². The molecular formula is C80H70N10O2Pt2. The Morgan fingerprint density at radius 1 is 0.383 bits per heavy atom. The van der Waals surface area contributed by atoms with Gasteiger partial charge in [-0.15, -0.1) is 11.4 Å². The summed E-state index contributed by atoms with van der Waals surface area (Å²) in [5.41, 5.74) is 21.3. The standard InChI is InChI=1S/2C28H24N4.2C12H11NO.2Pt/c2*1-28(2)22-13-7-9-15-24(22)32(25-16-10-8-14-23(25)28)21-17-26-27(29-18-21)31(19-30(26)3)20-11-5-4-6-12-20;2*1-9-7-8-11(12(14)13-9)10-5-3-2-4-6-10;;/h2*4-11,13-19H,1-3H3;2*2-8H,1H3,(H,13,14);;/q2*-2;;;2*+2. The summed E-state index contributed by atoms with van der Waals surface area (Å²) in [5.74, 6) is 2.02. The Morgan fingerprint density at radius 2 is 0.702 bits per heavy atom. The second-order valence-electron chi connectivity index (χ2n) is 24.1. The second kappa shape index (κ2) is 27.8. The number of rotatable bonds is 6. The number of nitrogens with zero attached hydrogens (tertiary/aromatic N) is 10. The van der Waals surface area contributed by atoms with Crippen LogP contribution >= 0.6 is 0 Å². The van der Waals surface area contributed by atoms with Gasteiger partial charge in [0.1, 0.15) is 11.6 Å². The van der Waals surface area contributed by atoms with Gasteiger partial charge in [0, 0.05) is 33.3 Å². The van der Waals surface area contributed by atoms with E-state index in [1.54, 1.807) is 0 Å². The van der Waals surface area contributed by atoms with E-state index < -0.39 is 0 Å². The number of pyridine rings is 4. The molecule has 14 heteroatoms. The fraction of sp³-hybridized carbons (Fsp3) is 0.125. The van der Waals surface area contributed by atoms with Crippen LogP contribution in [0.4, 0.5) is 68.5 Å². The van der Waals surface area contributed by atoms with Crippen molar-refractivity contribution >= 4 is 68.5 Å². The molecular weight excluding hydrogens is 1520 g/mol. The molecule has 4 aliphatic rings. The van der Waals surface area contributed by atoms with Crippen LogP contribution in [0.15, 0.2) is 255 Å². The SMILES string of the molecule is CN1[CH-]N(c2[c-]cccc2)c2ncc(N3c4ccccc4C(C)(C)c4ccccc43)cc21.CN1[CH-]N(c2[c-]cccc2)c2ncc(N3c4ccccc4C(C)(C)c4ccccc43)cc21.Cc1ccc(-c2ccccc2)c(O)n1.Cc1ccc(-c2ccccc2)c(O)n1.[Pt+2].[Pt+2]. The van der Waals surface area contributed by atoms with Crippen LogP contribution in [0, 0.1) is 39.3 Å². The minimum absolute atomic E-state index is 0. The molecule has 8 aromatic carbocycles. The molecule has 0 saturated heterocycles. The molecule has 16 rings (SSSR count). The number of benzene rings is 8. The molecule has 0 atom stereocenters. The Labute approximate surface area is 580 Å². The van der Waals surface area contributed by atoms with Crippen molar-refractivity contribution in [2.45, 2.75) is 52.4 Å². The van der Waals surface area contributed by atoms with Gasteiger partial charge in [0.25, 0.3) is 0 Å². The third-order valence-corrected chi connectivity index (χ3v) is 17.4. The summed E-state index contributed by atoms with van der Waals surface area (Å²) in [5, 5.41) is 19.3. The van der Waals surface area contributed by atoms with E-state index in [1.165, 1.54) is 45.0 Å². The molecule has 472 valence electrons. The van der Waals surface area contributed by atoms with Gasteiger partial charge in [-0.25, -0.2) is 19.9 Å². The van der Waals surface area contributed by atoms with Crippen molar-refractivity contribution in [3.8, 4) is 34.0 Å². The van der Waals surface area contributed by atoms with E-state index in [0.29, 0.717) is 0 Å². The molecule has 0 fully saturated rings. The second-order valence-corrected chi connectivity index (χ2v) is 24.1. The quantitative estimate of drug-likeness (QED) is 0.155. The van der Waals surface area contributed by atoms with Crippen molar-refractivity contribution < 1.29 is 52.3 Å². The van der Waals surface area contributed by atoms with Crippen molar-refractivity contribution in [3.63, 3.8) is 0 Å². The van der Waals surface area contributed by atoms with Gasteiger partial charge in [-0.2, -0.15) is 74.0 Å². The summed E-state index contributed by atoms with van der Waals surface area (Å²) in [6.45, 7) is 17.1. The molecule has 12 aromatic rings. The number of aryl methyl sites for hydroxylation is 2. The Hall–Kier alpha value is -9.86. The van der Waals surface area contributed by atoms with Crippen LogP contribution in [0.3, 0.4) is 0 Å². The van der Waals surface area contributed by atoms with E-state index in [4.69, 9.17) is 9.97 Å². The maximum absolute atomic E-state index is 9.63. The molecule has 0 saturated carbocycles. The van der Waals surface area contributed by atoms with Crippen LogP contribution in [-0.2, 0) is 53.0 Å². The minimum atomic E-state index is -0.0711. The Balaban J connectivity index is 0.000000136. The monoisotopic (exact) mass is 1590 g/mol. The van der Waals surface area contributed by atoms with Gasteiger partial charge >= 0.3 is 42.1 Å². The van der Waals surface area contributed by atoms with Crippen LogP contribution in [0.25, 0.3) is 22.3 Å². The molecule has 8 heterocycles. The molecule has 94 heavy (non-hydrogen) atoms. The average molecular weight is 1590 g/mol. The van der Waals surface area contributed by atoms with Gasteiger partial charge in [-0.3, -0.25) is 0 Å². The molecule has 0 aliphatic carbocycles. The molecule has 0 amide bonds. The van der Waals surface area contributed by atoms with E-state index in [0.717, 1.165) is 79.4 Å². The topological polar surface area (TPSA) is 111 Å². The molecule has 0 unspecified atom stereocenters. The first kappa shape index (κ1) is 65.6. The first-order valence-corrected chi connectivity index (χ1v) is 30.8. The van der Waals surface area contributed by atoms with Crippen LogP contribution < -0.4 is 29.4 Å². The fourth-order valence-corrected chi connectivity index (χ4v) is 12.7. The largest absolute Gasteiger partial charge is 2.00 e. The van der Waals surface area contributed by atoms with Crippen molar-refractivity contribution in [2.75, 3.05) is 43.5 Å². The van der Waals surface area contributed by atoms with Crippen molar-refractivity contribution in [1.29, 1.82) is 0 Å². The van der Waals surface area contributed by atoms with Crippen LogP contribution in [0.5, 0.6) is 11.8 Å². The molecule has 4 aromatic heterocycles. The average Bonchev–Trinajstić information content (AvgIpc) is 0.808. The maximum Gasteiger partial charge on any atom is 2.00 e. The summed E-state index contributed by atoms with van der Waals surface area (Å²) in [6.07, 6.45) is 3.96. The number of anilines is 12. The predicted octanol–water partition coefficient (Wildman–Crippen LogP) is 18.9. The van der Waals surface area contributed by atoms with E-state index in [2.05, 4.69) is 216 Å². The third kappa shape index (κ3) is 12.7. The number of para-hydroxylation sites is 6. The fourth-order valence-electron chi connectivity index (χ4n) is 12.7. The summed E-state index contributed by atoms with van der Waals surface area (Å²) in [6, 6.07) is 88.8. The zero-order valence-corrected chi connectivity index (χ0v) is 57.9. The van der Waals surface area contributed by atoms with Gasteiger partial charge < -0.3 is 39.6 Å². The van der Waals surface area contributed by atoms with Crippen molar-refractivity contribution in [2.24, 2.45) is 0 Å². The smallest absolute Gasteiger partial charge is 0.502 e. The third-order valence-electron chi connectivity index (χ3n) is 17.4. The zero-order chi connectivity index (χ0) is 63.7. The molecule has 4 aliphatic heterocycles. The maximum atomic E-state index is 9.63. The summed E-state index contributed by atoms with van der Waals surface area (Å²) >= 11 is 0. The number of aromatic nitrogens is 4. The van der Waals surface area contributed by atoms with Gasteiger partial charge in [0.05, 0.1) is 57.9 Å². The Bertz CT molecular complexity index is 4220.